The SMILES string of the molecule is CN=C(NCCC(=O)Nc1ccc(C)cc1Cl)N1CCN(c2ccccn2)CC1. The van der Waals surface area contributed by atoms with Gasteiger partial charge >= 0.3 is 0 Å². The number of anilines is 2. The lowest BCUT2D eigenvalue weighted by molar-refractivity contribution is -0.116. The molecule has 1 aliphatic rings. The maximum absolute atomic E-state index is 12.2. The van der Waals surface area contributed by atoms with Crippen molar-refractivity contribution in [3.63, 3.8) is 0 Å². The third-order valence-corrected chi connectivity index (χ3v) is 5.11. The van der Waals surface area contributed by atoms with E-state index in [0.717, 1.165) is 43.5 Å². The van der Waals surface area contributed by atoms with Gasteiger partial charge in [0.15, 0.2) is 5.96 Å². The Hall–Kier alpha value is -2.80. The minimum atomic E-state index is -0.0846. The van der Waals surface area contributed by atoms with Crippen LogP contribution in [0.25, 0.3) is 0 Å². The molecule has 2 aromatic rings. The Labute approximate surface area is 176 Å². The van der Waals surface area contributed by atoms with Gasteiger partial charge in [-0.25, -0.2) is 4.98 Å². The number of amides is 1. The summed E-state index contributed by atoms with van der Waals surface area (Å²) in [6, 6.07) is 11.5. The number of aliphatic imine (C=N–C) groups is 1. The third kappa shape index (κ3) is 5.84. The van der Waals surface area contributed by atoms with Gasteiger partial charge in [0.25, 0.3) is 0 Å². The van der Waals surface area contributed by atoms with Crippen molar-refractivity contribution in [1.29, 1.82) is 0 Å². The van der Waals surface area contributed by atoms with Gasteiger partial charge < -0.3 is 20.4 Å². The molecule has 1 fully saturated rings. The zero-order valence-corrected chi connectivity index (χ0v) is 17.6. The molecule has 7 nitrogen and oxygen atoms in total. The van der Waals surface area contributed by atoms with Crippen LogP contribution in [0.2, 0.25) is 5.02 Å². The highest BCUT2D eigenvalue weighted by molar-refractivity contribution is 6.33. The predicted octanol–water partition coefficient (Wildman–Crippen LogP) is 2.77. The number of nitrogens with zero attached hydrogens (tertiary/aromatic N) is 4. The van der Waals surface area contributed by atoms with Crippen molar-refractivity contribution in [1.82, 2.24) is 15.2 Å². The zero-order chi connectivity index (χ0) is 20.6. The number of guanidine groups is 1. The molecule has 29 heavy (non-hydrogen) atoms. The molecule has 0 unspecified atom stereocenters. The van der Waals surface area contributed by atoms with E-state index in [1.807, 2.05) is 49.5 Å². The number of nitrogens with one attached hydrogen (secondary N) is 2. The van der Waals surface area contributed by atoms with Crippen molar-refractivity contribution in [3.05, 3.63) is 53.2 Å². The molecule has 3 rings (SSSR count). The Kier molecular flexibility index (Phi) is 7.30. The van der Waals surface area contributed by atoms with Gasteiger partial charge in [0.1, 0.15) is 5.82 Å². The van der Waals surface area contributed by atoms with Crippen LogP contribution in [0.3, 0.4) is 0 Å². The maximum atomic E-state index is 12.2. The first kappa shape index (κ1) is 20.9. The number of carbonyl (C=O) groups excluding carboxylic acids is 1. The first-order chi connectivity index (χ1) is 14.1. The second kappa shape index (κ2) is 10.1. The van der Waals surface area contributed by atoms with E-state index in [0.29, 0.717) is 23.7 Å². The van der Waals surface area contributed by atoms with Crippen molar-refractivity contribution >= 4 is 35.0 Å². The fourth-order valence-corrected chi connectivity index (χ4v) is 3.52. The Morgan fingerprint density at radius 3 is 2.66 bits per heavy atom. The summed E-state index contributed by atoms with van der Waals surface area (Å²) in [5.74, 6) is 1.73. The number of rotatable bonds is 5. The van der Waals surface area contributed by atoms with E-state index in [2.05, 4.69) is 30.4 Å². The number of pyridine rings is 1. The molecule has 0 saturated carbocycles. The topological polar surface area (TPSA) is 72.9 Å². The number of carbonyl (C=O) groups is 1. The fraction of sp³-hybridized carbons (Fsp3) is 0.381. The Bertz CT molecular complexity index is 850. The van der Waals surface area contributed by atoms with E-state index in [1.165, 1.54) is 0 Å². The van der Waals surface area contributed by atoms with E-state index in [1.54, 1.807) is 7.05 Å². The Morgan fingerprint density at radius 2 is 2.00 bits per heavy atom. The van der Waals surface area contributed by atoms with Crippen molar-refractivity contribution in [2.45, 2.75) is 13.3 Å². The van der Waals surface area contributed by atoms with Crippen LogP contribution in [-0.4, -0.2) is 61.5 Å². The van der Waals surface area contributed by atoms with E-state index < -0.39 is 0 Å². The molecule has 1 aromatic heterocycles. The number of aromatic nitrogens is 1. The van der Waals surface area contributed by atoms with Gasteiger partial charge in [0.05, 0.1) is 10.7 Å². The first-order valence-corrected chi connectivity index (χ1v) is 10.1. The van der Waals surface area contributed by atoms with Crippen molar-refractivity contribution in [3.8, 4) is 0 Å². The molecular weight excluding hydrogens is 388 g/mol. The fourth-order valence-electron chi connectivity index (χ4n) is 3.24. The summed E-state index contributed by atoms with van der Waals surface area (Å²) in [5, 5.41) is 6.69. The molecule has 2 heterocycles. The van der Waals surface area contributed by atoms with Gasteiger partial charge in [-0.15, -0.1) is 0 Å². The second-order valence-corrected chi connectivity index (χ2v) is 7.32. The van der Waals surface area contributed by atoms with Gasteiger partial charge in [-0.05, 0) is 36.8 Å². The highest BCUT2D eigenvalue weighted by atomic mass is 35.5. The summed E-state index contributed by atoms with van der Waals surface area (Å²) in [5.41, 5.74) is 1.69. The normalized spacial score (nSPS) is 14.7. The van der Waals surface area contributed by atoms with Crippen LogP contribution in [0.4, 0.5) is 11.5 Å². The highest BCUT2D eigenvalue weighted by Crippen LogP contribution is 2.22. The molecule has 0 aliphatic carbocycles. The van der Waals surface area contributed by atoms with Crippen molar-refractivity contribution in [2.24, 2.45) is 4.99 Å². The predicted molar refractivity (Wildman–Crippen MR) is 119 cm³/mol. The smallest absolute Gasteiger partial charge is 0.226 e. The van der Waals surface area contributed by atoms with Crippen LogP contribution in [0.5, 0.6) is 0 Å². The van der Waals surface area contributed by atoms with Crippen LogP contribution in [0.1, 0.15) is 12.0 Å². The van der Waals surface area contributed by atoms with Crippen LogP contribution in [-0.2, 0) is 4.79 Å². The lowest BCUT2D eigenvalue weighted by atomic mass is 10.2. The number of aryl methyl sites for hydroxylation is 1. The summed E-state index contributed by atoms with van der Waals surface area (Å²) < 4.78 is 0. The molecule has 1 amide bonds. The molecule has 1 aliphatic heterocycles. The lowest BCUT2D eigenvalue weighted by Gasteiger charge is -2.37. The molecule has 2 N–H and O–H groups in total. The maximum Gasteiger partial charge on any atom is 0.226 e. The average Bonchev–Trinajstić information content (AvgIpc) is 2.74. The third-order valence-electron chi connectivity index (χ3n) is 4.80. The molecular formula is C21H27ClN6O. The number of hydrogen-bond donors (Lipinski definition) is 2. The van der Waals surface area contributed by atoms with Gasteiger partial charge in [-0.1, -0.05) is 23.7 Å². The Balaban J connectivity index is 1.43. The van der Waals surface area contributed by atoms with Gasteiger partial charge in [0.2, 0.25) is 5.91 Å². The zero-order valence-electron chi connectivity index (χ0n) is 16.9. The van der Waals surface area contributed by atoms with Gasteiger partial charge in [-0.3, -0.25) is 9.79 Å². The molecule has 8 heteroatoms. The largest absolute Gasteiger partial charge is 0.356 e. The minimum absolute atomic E-state index is 0.0846. The van der Waals surface area contributed by atoms with Crippen molar-refractivity contribution < 1.29 is 4.79 Å². The number of halogens is 1. The molecule has 0 bridgehead atoms. The number of benzene rings is 1. The van der Waals surface area contributed by atoms with E-state index in [4.69, 9.17) is 11.6 Å². The van der Waals surface area contributed by atoms with Gasteiger partial charge in [-0.2, -0.15) is 0 Å². The molecule has 0 atom stereocenters. The quantitative estimate of drug-likeness (QED) is 0.581. The molecule has 0 spiro atoms. The summed E-state index contributed by atoms with van der Waals surface area (Å²) >= 11 is 6.17. The Morgan fingerprint density at radius 1 is 1.21 bits per heavy atom. The van der Waals surface area contributed by atoms with E-state index >= 15 is 0 Å². The average molecular weight is 415 g/mol. The van der Waals surface area contributed by atoms with Crippen LogP contribution in [0.15, 0.2) is 47.6 Å². The second-order valence-electron chi connectivity index (χ2n) is 6.92. The number of piperazine rings is 1. The van der Waals surface area contributed by atoms with Crippen LogP contribution < -0.4 is 15.5 Å². The summed E-state index contributed by atoms with van der Waals surface area (Å²) in [4.78, 5) is 25.5. The standard InChI is InChI=1S/C21H27ClN6O/c1-16-6-7-18(17(22)15-16)26-20(29)8-10-25-21(23-2)28-13-11-27(12-14-28)19-5-3-4-9-24-19/h3-7,9,15H,8,10-14H2,1-2H3,(H,23,25)(H,26,29). The minimum Gasteiger partial charge on any atom is -0.356 e. The summed E-state index contributed by atoms with van der Waals surface area (Å²) in [7, 11) is 1.76. The van der Waals surface area contributed by atoms with Crippen LogP contribution >= 0.6 is 11.6 Å². The van der Waals surface area contributed by atoms with E-state index in [9.17, 15) is 4.79 Å². The molecule has 154 valence electrons. The first-order valence-electron chi connectivity index (χ1n) is 9.74. The highest BCUT2D eigenvalue weighted by Gasteiger charge is 2.20. The molecule has 1 aromatic carbocycles. The summed E-state index contributed by atoms with van der Waals surface area (Å²) in [6.45, 7) is 5.92. The molecule has 1 saturated heterocycles. The van der Waals surface area contributed by atoms with Gasteiger partial charge in [0, 0.05) is 52.4 Å². The monoisotopic (exact) mass is 414 g/mol. The number of hydrogen-bond acceptors (Lipinski definition) is 4. The van der Waals surface area contributed by atoms with Crippen molar-refractivity contribution in [2.75, 3.05) is 50.0 Å². The van der Waals surface area contributed by atoms with Crippen LogP contribution in [0, 0.1) is 6.92 Å². The molecule has 0 radical (unpaired) electrons. The summed E-state index contributed by atoms with van der Waals surface area (Å²) in [6.07, 6.45) is 2.15. The lowest BCUT2D eigenvalue weighted by Crippen LogP contribution is -2.53. The van der Waals surface area contributed by atoms with E-state index in [-0.39, 0.29) is 5.91 Å².